The van der Waals surface area contributed by atoms with E-state index in [-0.39, 0.29) is 24.7 Å². The molecule has 17 nitrogen and oxygen atoms in total. The number of aliphatic carboxylic acids is 1. The van der Waals surface area contributed by atoms with E-state index < -0.39 is 28.6 Å². The first-order valence-corrected chi connectivity index (χ1v) is 17.0. The molecule has 0 atom stereocenters. The molecule has 0 radical (unpaired) electrons. The maximum absolute atomic E-state index is 12.0. The number of carbonyl (C=O) groups is 2. The zero-order valence-electron chi connectivity index (χ0n) is 27.4. The Morgan fingerprint density at radius 1 is 0.500 bits per heavy atom. The summed E-state index contributed by atoms with van der Waals surface area (Å²) >= 11 is 0. The molecule has 48 heavy (non-hydrogen) atoms. The van der Waals surface area contributed by atoms with E-state index in [1.54, 1.807) is 18.2 Å². The average Bonchev–Trinajstić information content (AvgIpc) is 3.07. The molecule has 0 aromatic heterocycles. The molecule has 0 heterocycles. The second kappa shape index (κ2) is 31.9. The fourth-order valence-corrected chi connectivity index (χ4v) is 4.18. The summed E-state index contributed by atoms with van der Waals surface area (Å²) in [6, 6.07) is 7.94. The second-order valence-electron chi connectivity index (χ2n) is 9.34. The minimum atomic E-state index is -3.77. The smallest absolute Gasteiger partial charge is 0.329 e. The van der Waals surface area contributed by atoms with Crippen LogP contribution in [0.15, 0.2) is 35.2 Å². The molecular formula is C30H51NO16S. The standard InChI is InChI=1S/C30H51NO16S/c32-29(26-46-27-30(33)34)31-6-7-37-8-9-38-10-11-39-12-13-40-14-15-41-16-17-42-18-19-43-20-21-44-22-23-45-24-25-47-48(35,36)28-4-2-1-3-5-28/h1-5H,6-27H2,(H,31,32)(H,33,34). The minimum Gasteiger partial charge on any atom is -0.480 e. The topological polar surface area (TPSA) is 202 Å². The second-order valence-corrected chi connectivity index (χ2v) is 11.0. The number of rotatable bonds is 36. The van der Waals surface area contributed by atoms with Gasteiger partial charge >= 0.3 is 5.97 Å². The molecule has 0 aliphatic carbocycles. The predicted molar refractivity (Wildman–Crippen MR) is 168 cm³/mol. The highest BCUT2D eigenvalue weighted by atomic mass is 32.2. The molecule has 0 aliphatic heterocycles. The first-order valence-electron chi connectivity index (χ1n) is 15.6. The van der Waals surface area contributed by atoms with Crippen molar-refractivity contribution in [1.29, 1.82) is 0 Å². The number of carboxylic acids is 1. The molecule has 1 amide bonds. The molecule has 18 heteroatoms. The highest BCUT2D eigenvalue weighted by Crippen LogP contribution is 2.10. The van der Waals surface area contributed by atoms with Crippen molar-refractivity contribution in [3.63, 3.8) is 0 Å². The van der Waals surface area contributed by atoms with Crippen molar-refractivity contribution in [3.8, 4) is 0 Å². The lowest BCUT2D eigenvalue weighted by atomic mass is 10.4. The summed E-state index contributed by atoms with van der Waals surface area (Å²) in [6.07, 6.45) is 0. The average molecular weight is 714 g/mol. The van der Waals surface area contributed by atoms with E-state index in [0.717, 1.165) is 0 Å². The van der Waals surface area contributed by atoms with Gasteiger partial charge in [0, 0.05) is 6.54 Å². The number of hydrogen-bond donors (Lipinski definition) is 2. The third-order valence-electron chi connectivity index (χ3n) is 5.50. The summed E-state index contributed by atoms with van der Waals surface area (Å²) in [6.45, 7) is 6.52. The van der Waals surface area contributed by atoms with Crippen LogP contribution in [0.5, 0.6) is 0 Å². The summed E-state index contributed by atoms with van der Waals surface area (Å²) in [5, 5.41) is 11.0. The van der Waals surface area contributed by atoms with E-state index in [0.29, 0.717) is 119 Å². The number of hydrogen-bond acceptors (Lipinski definition) is 15. The van der Waals surface area contributed by atoms with E-state index in [9.17, 15) is 18.0 Å². The van der Waals surface area contributed by atoms with Crippen LogP contribution in [0.2, 0.25) is 0 Å². The highest BCUT2D eigenvalue weighted by Gasteiger charge is 2.13. The van der Waals surface area contributed by atoms with Gasteiger partial charge in [-0.15, -0.1) is 0 Å². The normalized spacial score (nSPS) is 11.6. The zero-order valence-corrected chi connectivity index (χ0v) is 28.2. The van der Waals surface area contributed by atoms with E-state index in [2.05, 4.69) is 10.1 Å². The molecular weight excluding hydrogens is 662 g/mol. The summed E-state index contributed by atoms with van der Waals surface area (Å²) in [4.78, 5) is 21.7. The first kappa shape index (κ1) is 43.7. The van der Waals surface area contributed by atoms with Crippen LogP contribution in [0.3, 0.4) is 0 Å². The summed E-state index contributed by atoms with van der Waals surface area (Å²) in [5.74, 6) is -1.54. The van der Waals surface area contributed by atoms with Crippen molar-refractivity contribution in [2.75, 3.05) is 145 Å². The molecule has 0 saturated carbocycles. The number of nitrogens with one attached hydrogen (secondary N) is 1. The number of carboxylic acid groups (broad SMARTS) is 1. The molecule has 0 bridgehead atoms. The van der Waals surface area contributed by atoms with Gasteiger partial charge in [-0.3, -0.25) is 8.98 Å². The lowest BCUT2D eigenvalue weighted by molar-refractivity contribution is -0.143. The molecule has 0 fully saturated rings. The quantitative estimate of drug-likeness (QED) is 0.0681. The van der Waals surface area contributed by atoms with Gasteiger partial charge in [0.15, 0.2) is 0 Å². The van der Waals surface area contributed by atoms with Gasteiger partial charge in [0.2, 0.25) is 5.91 Å². The van der Waals surface area contributed by atoms with Gasteiger partial charge in [-0.1, -0.05) is 18.2 Å². The van der Waals surface area contributed by atoms with Crippen LogP contribution >= 0.6 is 0 Å². The third kappa shape index (κ3) is 28.7. The number of ether oxygens (including phenoxy) is 10. The van der Waals surface area contributed by atoms with Gasteiger partial charge in [-0.2, -0.15) is 8.42 Å². The molecule has 0 unspecified atom stereocenters. The van der Waals surface area contributed by atoms with Gasteiger partial charge in [-0.05, 0) is 12.1 Å². The van der Waals surface area contributed by atoms with Gasteiger partial charge in [0.25, 0.3) is 10.1 Å². The van der Waals surface area contributed by atoms with Gasteiger partial charge in [-0.25, -0.2) is 4.79 Å². The Morgan fingerprint density at radius 2 is 0.854 bits per heavy atom. The van der Waals surface area contributed by atoms with Gasteiger partial charge in [0.05, 0.1) is 130 Å². The molecule has 278 valence electrons. The van der Waals surface area contributed by atoms with Crippen LogP contribution in [0.1, 0.15) is 0 Å². The Hall–Kier alpha value is -2.33. The molecule has 0 aliphatic rings. The molecule has 2 N–H and O–H groups in total. The summed E-state index contributed by atoms with van der Waals surface area (Å²) in [7, 11) is -3.77. The van der Waals surface area contributed by atoms with Crippen molar-refractivity contribution < 1.29 is 74.7 Å². The van der Waals surface area contributed by atoms with Crippen molar-refractivity contribution >= 4 is 22.0 Å². The van der Waals surface area contributed by atoms with Crippen LogP contribution < -0.4 is 5.32 Å². The number of carbonyl (C=O) groups excluding carboxylic acids is 1. The molecule has 1 aromatic carbocycles. The lowest BCUT2D eigenvalue weighted by Gasteiger charge is -2.09. The zero-order chi connectivity index (χ0) is 34.8. The fraction of sp³-hybridized carbons (Fsp3) is 0.733. The van der Waals surface area contributed by atoms with Crippen LogP contribution in [-0.4, -0.2) is 171 Å². The van der Waals surface area contributed by atoms with E-state index in [4.69, 9.17) is 51.9 Å². The van der Waals surface area contributed by atoms with E-state index >= 15 is 0 Å². The first-order chi connectivity index (χ1) is 23.4. The van der Waals surface area contributed by atoms with E-state index in [1.165, 1.54) is 12.1 Å². The summed E-state index contributed by atoms with van der Waals surface area (Å²) < 4.78 is 82.1. The highest BCUT2D eigenvalue weighted by molar-refractivity contribution is 7.86. The predicted octanol–water partition coefficient (Wildman–Crippen LogP) is -0.241. The third-order valence-corrected chi connectivity index (χ3v) is 6.83. The van der Waals surface area contributed by atoms with Crippen LogP contribution in [0.25, 0.3) is 0 Å². The van der Waals surface area contributed by atoms with Crippen molar-refractivity contribution in [1.82, 2.24) is 5.32 Å². The van der Waals surface area contributed by atoms with Crippen LogP contribution in [0, 0.1) is 0 Å². The van der Waals surface area contributed by atoms with Crippen LogP contribution in [-0.2, 0) is 71.3 Å². The minimum absolute atomic E-state index is 0.0696. The Bertz CT molecular complexity index is 1000. The Balaban J connectivity index is 1.68. The summed E-state index contributed by atoms with van der Waals surface area (Å²) in [5.41, 5.74) is 0. The van der Waals surface area contributed by atoms with E-state index in [1.807, 2.05) is 0 Å². The maximum Gasteiger partial charge on any atom is 0.329 e. The molecule has 0 spiro atoms. The Kier molecular flexibility index (Phi) is 29.0. The van der Waals surface area contributed by atoms with Gasteiger partial charge in [0.1, 0.15) is 13.2 Å². The lowest BCUT2D eigenvalue weighted by Crippen LogP contribution is -2.31. The SMILES string of the molecule is O=C(O)COCC(=O)NCCOCCOCCOCCOCCOCCOCCOCCOCCOCCOS(=O)(=O)c1ccccc1. The Labute approximate surface area is 282 Å². The number of amides is 1. The van der Waals surface area contributed by atoms with Crippen molar-refractivity contribution in [3.05, 3.63) is 30.3 Å². The monoisotopic (exact) mass is 713 g/mol. The van der Waals surface area contributed by atoms with Gasteiger partial charge < -0.3 is 57.8 Å². The largest absolute Gasteiger partial charge is 0.480 e. The fourth-order valence-electron chi connectivity index (χ4n) is 3.26. The number of benzene rings is 1. The van der Waals surface area contributed by atoms with Crippen molar-refractivity contribution in [2.24, 2.45) is 0 Å². The molecule has 0 saturated heterocycles. The maximum atomic E-state index is 12.0. The molecule has 1 aromatic rings. The molecule has 1 rings (SSSR count). The Morgan fingerprint density at radius 3 is 1.23 bits per heavy atom. The van der Waals surface area contributed by atoms with Crippen LogP contribution in [0.4, 0.5) is 0 Å². The van der Waals surface area contributed by atoms with Crippen molar-refractivity contribution in [2.45, 2.75) is 4.90 Å².